The molecule has 176 valence electrons. The first-order chi connectivity index (χ1) is 13.5. The fraction of sp³-hybridized carbons (Fsp3) is 1.00. The van der Waals surface area contributed by atoms with Crippen molar-refractivity contribution in [3.8, 4) is 0 Å². The molecule has 7 heteroatoms. The molecule has 0 fully saturated rings. The Morgan fingerprint density at radius 2 is 1.31 bits per heavy atom. The van der Waals surface area contributed by atoms with Crippen molar-refractivity contribution in [2.75, 3.05) is 59.4 Å². The van der Waals surface area contributed by atoms with Crippen LogP contribution < -0.4 is 0 Å². The van der Waals surface area contributed by atoms with E-state index >= 15 is 0 Å². The molecule has 0 rings (SSSR count). The number of hydrogen-bond acceptors (Lipinski definition) is 5. The second-order valence-electron chi connectivity index (χ2n) is 9.47. The second kappa shape index (κ2) is 15.6. The number of nitrogens with zero attached hydrogens (tertiary/aromatic N) is 1. The zero-order valence-corrected chi connectivity index (χ0v) is 20.5. The Morgan fingerprint density at radius 1 is 0.828 bits per heavy atom. The Hall–Kier alpha value is -0.210. The van der Waals surface area contributed by atoms with Gasteiger partial charge in [-0.05, 0) is 19.8 Å². The number of rotatable bonds is 20. The summed E-state index contributed by atoms with van der Waals surface area (Å²) in [7, 11) is 0.0127. The lowest BCUT2D eigenvalue weighted by Crippen LogP contribution is -2.51. The molecule has 0 amide bonds. The zero-order valence-electron chi connectivity index (χ0n) is 19.7. The first kappa shape index (κ1) is 28.8. The van der Waals surface area contributed by atoms with Gasteiger partial charge in [0.2, 0.25) is 0 Å². The monoisotopic (exact) mass is 437 g/mol. The third kappa shape index (κ3) is 18.3. The van der Waals surface area contributed by atoms with Crippen molar-refractivity contribution < 1.29 is 26.9 Å². The Morgan fingerprint density at radius 3 is 1.72 bits per heavy atom. The van der Waals surface area contributed by atoms with Crippen molar-refractivity contribution >= 4 is 10.1 Å². The minimum absolute atomic E-state index is 0.143. The average molecular weight is 438 g/mol. The van der Waals surface area contributed by atoms with Gasteiger partial charge in [-0.25, -0.2) is 8.42 Å². The van der Waals surface area contributed by atoms with Gasteiger partial charge in [-0.1, -0.05) is 52.4 Å². The highest BCUT2D eigenvalue weighted by Gasteiger charge is 2.33. The van der Waals surface area contributed by atoms with Gasteiger partial charge in [-0.3, -0.25) is 0 Å². The maximum atomic E-state index is 10.9. The number of ether oxygens (including phenoxy) is 2. The minimum Gasteiger partial charge on any atom is -0.748 e. The summed E-state index contributed by atoms with van der Waals surface area (Å²) in [4.78, 5) is 0. The highest BCUT2D eigenvalue weighted by Crippen LogP contribution is 2.23. The summed E-state index contributed by atoms with van der Waals surface area (Å²) in [6.45, 7) is 10.9. The quantitative estimate of drug-likeness (QED) is 0.162. The molecule has 0 saturated carbocycles. The smallest absolute Gasteiger partial charge is 0.0948 e. The maximum Gasteiger partial charge on any atom is 0.0948 e. The van der Waals surface area contributed by atoms with Gasteiger partial charge in [-0.15, -0.1) is 0 Å². The van der Waals surface area contributed by atoms with E-state index in [9.17, 15) is 13.0 Å². The van der Waals surface area contributed by atoms with Gasteiger partial charge in [0.1, 0.15) is 0 Å². The lowest BCUT2D eigenvalue weighted by Gasteiger charge is -2.39. The fourth-order valence-electron chi connectivity index (χ4n) is 3.81. The van der Waals surface area contributed by atoms with E-state index in [1.807, 2.05) is 0 Å². The van der Waals surface area contributed by atoms with E-state index in [0.29, 0.717) is 30.7 Å². The number of quaternary nitrogens is 1. The zero-order chi connectivity index (χ0) is 22.2. The lowest BCUT2D eigenvalue weighted by atomic mass is 9.91. The van der Waals surface area contributed by atoms with Crippen LogP contribution >= 0.6 is 0 Å². The van der Waals surface area contributed by atoms with Gasteiger partial charge >= 0.3 is 0 Å². The second-order valence-corrected chi connectivity index (χ2v) is 11.0. The molecule has 0 spiro atoms. The van der Waals surface area contributed by atoms with E-state index in [-0.39, 0.29) is 11.2 Å². The molecule has 0 radical (unpaired) electrons. The fourth-order valence-corrected chi connectivity index (χ4v) is 4.30. The summed E-state index contributed by atoms with van der Waals surface area (Å²) in [5.41, 5.74) is -0.143. The maximum absolute atomic E-state index is 10.9. The van der Waals surface area contributed by atoms with Crippen LogP contribution in [0.25, 0.3) is 0 Å². The van der Waals surface area contributed by atoms with Gasteiger partial charge in [0, 0.05) is 25.4 Å². The van der Waals surface area contributed by atoms with Gasteiger partial charge in [0.25, 0.3) is 0 Å². The van der Waals surface area contributed by atoms with E-state index in [1.54, 1.807) is 0 Å². The van der Waals surface area contributed by atoms with E-state index in [2.05, 4.69) is 34.9 Å². The number of hydrogen-bond donors (Lipinski definition) is 0. The van der Waals surface area contributed by atoms with Crippen LogP contribution in [0.2, 0.25) is 0 Å². The van der Waals surface area contributed by atoms with Gasteiger partial charge < -0.3 is 18.5 Å². The third-order valence-electron chi connectivity index (χ3n) is 5.15. The minimum atomic E-state index is -4.15. The summed E-state index contributed by atoms with van der Waals surface area (Å²) in [5.74, 6) is -0.298. The molecule has 0 aromatic rings. The molecule has 0 aliphatic rings. The molecule has 0 bridgehead atoms. The summed E-state index contributed by atoms with van der Waals surface area (Å²) >= 11 is 0. The van der Waals surface area contributed by atoms with E-state index < -0.39 is 10.1 Å². The molecular weight excluding hydrogens is 390 g/mol. The summed E-state index contributed by atoms with van der Waals surface area (Å²) in [6.07, 6.45) is 9.87. The topological polar surface area (TPSA) is 75.7 Å². The Labute approximate surface area is 180 Å². The Kier molecular flexibility index (Phi) is 15.5. The SMILES string of the molecule is CCCCCCOCC(C)(COCCCCCC)C[N+](C)(C)CCCS(=O)(=O)[O-]. The van der Waals surface area contributed by atoms with Gasteiger partial charge in [0.05, 0.1) is 55.9 Å². The normalized spacial score (nSPS) is 13.2. The Balaban J connectivity index is 4.60. The van der Waals surface area contributed by atoms with Crippen LogP contribution in [0.4, 0.5) is 0 Å². The molecule has 0 heterocycles. The third-order valence-corrected chi connectivity index (χ3v) is 5.94. The molecule has 0 saturated heterocycles. The summed E-state index contributed by atoms with van der Waals surface area (Å²) in [5, 5.41) is 0. The summed E-state index contributed by atoms with van der Waals surface area (Å²) < 4.78 is 45.4. The van der Waals surface area contributed by atoms with Crippen LogP contribution in [0.3, 0.4) is 0 Å². The average Bonchev–Trinajstić information content (AvgIpc) is 2.59. The van der Waals surface area contributed by atoms with Gasteiger partial charge in [-0.2, -0.15) is 0 Å². The van der Waals surface area contributed by atoms with Crippen molar-refractivity contribution in [1.82, 2.24) is 0 Å². The molecule has 0 aromatic carbocycles. The molecule has 0 aromatic heterocycles. The van der Waals surface area contributed by atoms with Crippen molar-refractivity contribution in [3.63, 3.8) is 0 Å². The highest BCUT2D eigenvalue weighted by molar-refractivity contribution is 7.85. The molecule has 0 N–H and O–H groups in total. The van der Waals surface area contributed by atoms with Crippen molar-refractivity contribution in [2.45, 2.75) is 78.6 Å². The first-order valence-electron chi connectivity index (χ1n) is 11.4. The van der Waals surface area contributed by atoms with Crippen LogP contribution in [0, 0.1) is 5.41 Å². The molecule has 29 heavy (non-hydrogen) atoms. The number of unbranched alkanes of at least 4 members (excludes halogenated alkanes) is 6. The molecule has 6 nitrogen and oxygen atoms in total. The van der Waals surface area contributed by atoms with E-state index in [1.165, 1.54) is 38.5 Å². The molecule has 0 unspecified atom stereocenters. The van der Waals surface area contributed by atoms with Crippen LogP contribution in [-0.4, -0.2) is 76.8 Å². The molecule has 0 aliphatic heterocycles. The summed E-state index contributed by atoms with van der Waals surface area (Å²) in [6, 6.07) is 0. The Bertz CT molecular complexity index is 477. The van der Waals surface area contributed by atoms with E-state index in [0.717, 1.165) is 32.6 Å². The standard InChI is InChI=1S/C22H47NO5S/c1-6-8-10-12-16-27-20-22(3,21-28-17-13-11-9-7-2)19-23(4,5)15-14-18-29(24,25)26/h6-21H2,1-5H3. The van der Waals surface area contributed by atoms with Crippen LogP contribution in [0.5, 0.6) is 0 Å². The lowest BCUT2D eigenvalue weighted by molar-refractivity contribution is -0.897. The van der Waals surface area contributed by atoms with Crippen LogP contribution in [0.15, 0.2) is 0 Å². The predicted molar refractivity (Wildman–Crippen MR) is 119 cm³/mol. The molecular formula is C22H47NO5S. The molecule has 0 aliphatic carbocycles. The first-order valence-corrected chi connectivity index (χ1v) is 13.0. The predicted octanol–water partition coefficient (Wildman–Crippen LogP) is 4.20. The molecule has 0 atom stereocenters. The van der Waals surface area contributed by atoms with Crippen molar-refractivity contribution in [1.29, 1.82) is 0 Å². The van der Waals surface area contributed by atoms with Crippen LogP contribution in [0.1, 0.15) is 78.6 Å². The van der Waals surface area contributed by atoms with Crippen molar-refractivity contribution in [2.24, 2.45) is 5.41 Å². The van der Waals surface area contributed by atoms with Crippen LogP contribution in [-0.2, 0) is 19.6 Å². The van der Waals surface area contributed by atoms with Crippen molar-refractivity contribution in [3.05, 3.63) is 0 Å². The van der Waals surface area contributed by atoms with Gasteiger partial charge in [0.15, 0.2) is 0 Å². The largest absolute Gasteiger partial charge is 0.748 e. The van der Waals surface area contributed by atoms with E-state index in [4.69, 9.17) is 9.47 Å². The highest BCUT2D eigenvalue weighted by atomic mass is 32.2.